The molecule has 1 rings (SSSR count). The van der Waals surface area contributed by atoms with Gasteiger partial charge in [-0.05, 0) is 19.9 Å². The van der Waals surface area contributed by atoms with Gasteiger partial charge in [0.1, 0.15) is 5.82 Å². The minimum absolute atomic E-state index is 0.545. The number of imidazole rings is 1. The SMILES string of the molecule is CNCc1nc(C)c(C(C)C)n1C. The lowest BCUT2D eigenvalue weighted by Gasteiger charge is -2.08. The molecule has 0 aromatic carbocycles. The Kier molecular flexibility index (Phi) is 3.09. The quantitative estimate of drug-likeness (QED) is 0.767. The summed E-state index contributed by atoms with van der Waals surface area (Å²) in [6, 6.07) is 0. The summed E-state index contributed by atoms with van der Waals surface area (Å²) in [5.41, 5.74) is 2.49. The Balaban J connectivity index is 3.07. The van der Waals surface area contributed by atoms with Crippen LogP contribution in [-0.4, -0.2) is 16.6 Å². The molecule has 0 fully saturated rings. The Labute approximate surface area is 80.2 Å². The second-order valence-corrected chi connectivity index (χ2v) is 3.74. The van der Waals surface area contributed by atoms with Gasteiger partial charge in [-0.2, -0.15) is 0 Å². The fourth-order valence-corrected chi connectivity index (χ4v) is 1.83. The monoisotopic (exact) mass is 181 g/mol. The third-order valence-electron chi connectivity index (χ3n) is 2.30. The minimum Gasteiger partial charge on any atom is -0.334 e. The van der Waals surface area contributed by atoms with E-state index in [1.165, 1.54) is 5.69 Å². The van der Waals surface area contributed by atoms with Gasteiger partial charge in [0.05, 0.1) is 12.2 Å². The molecule has 74 valence electrons. The number of aromatic nitrogens is 2. The molecule has 0 bridgehead atoms. The Bertz CT molecular complexity index is 287. The van der Waals surface area contributed by atoms with Crippen LogP contribution in [0.3, 0.4) is 0 Å². The van der Waals surface area contributed by atoms with Crippen molar-refractivity contribution in [3.05, 3.63) is 17.2 Å². The molecule has 0 saturated heterocycles. The highest BCUT2D eigenvalue weighted by Gasteiger charge is 2.12. The van der Waals surface area contributed by atoms with Gasteiger partial charge in [-0.3, -0.25) is 0 Å². The van der Waals surface area contributed by atoms with Gasteiger partial charge < -0.3 is 9.88 Å². The third kappa shape index (κ3) is 1.91. The third-order valence-corrected chi connectivity index (χ3v) is 2.30. The maximum Gasteiger partial charge on any atom is 0.122 e. The van der Waals surface area contributed by atoms with Gasteiger partial charge in [0.25, 0.3) is 0 Å². The number of aryl methyl sites for hydroxylation is 1. The average molecular weight is 181 g/mol. The van der Waals surface area contributed by atoms with E-state index in [0.29, 0.717) is 5.92 Å². The van der Waals surface area contributed by atoms with Crippen LogP contribution < -0.4 is 5.32 Å². The Morgan fingerprint density at radius 2 is 2.08 bits per heavy atom. The van der Waals surface area contributed by atoms with E-state index in [4.69, 9.17) is 0 Å². The van der Waals surface area contributed by atoms with Gasteiger partial charge in [0, 0.05) is 12.7 Å². The molecule has 1 aromatic heterocycles. The summed E-state index contributed by atoms with van der Waals surface area (Å²) in [6.45, 7) is 7.32. The molecular formula is C10H19N3. The highest BCUT2D eigenvalue weighted by atomic mass is 15.1. The lowest BCUT2D eigenvalue weighted by molar-refractivity contribution is 0.668. The Morgan fingerprint density at radius 3 is 2.46 bits per heavy atom. The topological polar surface area (TPSA) is 29.9 Å². The van der Waals surface area contributed by atoms with Gasteiger partial charge in [0.15, 0.2) is 0 Å². The highest BCUT2D eigenvalue weighted by molar-refractivity contribution is 5.18. The lowest BCUT2D eigenvalue weighted by Crippen LogP contribution is -2.11. The summed E-state index contributed by atoms with van der Waals surface area (Å²) < 4.78 is 2.19. The number of nitrogens with one attached hydrogen (secondary N) is 1. The van der Waals surface area contributed by atoms with Crippen molar-refractivity contribution < 1.29 is 0 Å². The molecule has 0 aliphatic rings. The maximum atomic E-state index is 4.52. The van der Waals surface area contributed by atoms with E-state index in [2.05, 4.69) is 42.7 Å². The van der Waals surface area contributed by atoms with Crippen molar-refractivity contribution >= 4 is 0 Å². The summed E-state index contributed by atoms with van der Waals surface area (Å²) in [7, 11) is 4.03. The lowest BCUT2D eigenvalue weighted by atomic mass is 10.1. The summed E-state index contributed by atoms with van der Waals surface area (Å²) >= 11 is 0. The summed E-state index contributed by atoms with van der Waals surface area (Å²) in [5.74, 6) is 1.66. The molecule has 0 spiro atoms. The Morgan fingerprint density at radius 1 is 1.46 bits per heavy atom. The van der Waals surface area contributed by atoms with Crippen LogP contribution in [-0.2, 0) is 13.6 Å². The van der Waals surface area contributed by atoms with Crippen LogP contribution in [0.4, 0.5) is 0 Å². The van der Waals surface area contributed by atoms with Crippen LogP contribution >= 0.6 is 0 Å². The molecule has 0 aliphatic carbocycles. The number of rotatable bonds is 3. The van der Waals surface area contributed by atoms with Crippen LogP contribution in [0.2, 0.25) is 0 Å². The van der Waals surface area contributed by atoms with E-state index >= 15 is 0 Å². The molecular weight excluding hydrogens is 162 g/mol. The van der Waals surface area contributed by atoms with E-state index in [9.17, 15) is 0 Å². The van der Waals surface area contributed by atoms with Gasteiger partial charge in [0.2, 0.25) is 0 Å². The molecule has 3 heteroatoms. The second-order valence-electron chi connectivity index (χ2n) is 3.74. The van der Waals surface area contributed by atoms with Crippen molar-refractivity contribution in [3.8, 4) is 0 Å². The molecule has 0 radical (unpaired) electrons. The molecule has 13 heavy (non-hydrogen) atoms. The second kappa shape index (κ2) is 3.92. The fraction of sp³-hybridized carbons (Fsp3) is 0.700. The maximum absolute atomic E-state index is 4.52. The standard InChI is InChI=1S/C10H19N3/c1-7(2)10-8(3)12-9(6-11-4)13(10)5/h7,11H,6H2,1-5H3. The smallest absolute Gasteiger partial charge is 0.122 e. The van der Waals surface area contributed by atoms with E-state index in [1.807, 2.05) is 7.05 Å². The predicted octanol–water partition coefficient (Wildman–Crippen LogP) is 1.57. The minimum atomic E-state index is 0.545. The number of hydrogen-bond donors (Lipinski definition) is 1. The molecule has 0 aliphatic heterocycles. The molecule has 3 nitrogen and oxygen atoms in total. The van der Waals surface area contributed by atoms with Gasteiger partial charge >= 0.3 is 0 Å². The largest absolute Gasteiger partial charge is 0.334 e. The van der Waals surface area contributed by atoms with Gasteiger partial charge in [-0.25, -0.2) is 4.98 Å². The van der Waals surface area contributed by atoms with Crippen molar-refractivity contribution in [3.63, 3.8) is 0 Å². The molecule has 0 unspecified atom stereocenters. The van der Waals surface area contributed by atoms with Crippen molar-refractivity contribution in [2.75, 3.05) is 7.05 Å². The van der Waals surface area contributed by atoms with E-state index < -0.39 is 0 Å². The predicted molar refractivity (Wildman–Crippen MR) is 54.8 cm³/mol. The number of hydrogen-bond acceptors (Lipinski definition) is 2. The normalized spacial score (nSPS) is 11.2. The van der Waals surface area contributed by atoms with Crippen LogP contribution in [0.5, 0.6) is 0 Å². The van der Waals surface area contributed by atoms with Gasteiger partial charge in [-0.15, -0.1) is 0 Å². The zero-order chi connectivity index (χ0) is 10.0. The van der Waals surface area contributed by atoms with Crippen LogP contribution in [0.1, 0.15) is 37.0 Å². The molecule has 1 aromatic rings. The summed E-state index contributed by atoms with van der Waals surface area (Å²) in [4.78, 5) is 4.52. The van der Waals surface area contributed by atoms with Crippen LogP contribution in [0, 0.1) is 6.92 Å². The molecule has 0 amide bonds. The van der Waals surface area contributed by atoms with Crippen LogP contribution in [0.25, 0.3) is 0 Å². The first-order valence-corrected chi connectivity index (χ1v) is 4.74. The first-order chi connectivity index (χ1) is 6.07. The van der Waals surface area contributed by atoms with E-state index in [0.717, 1.165) is 18.1 Å². The van der Waals surface area contributed by atoms with Crippen molar-refractivity contribution in [2.45, 2.75) is 33.2 Å². The first-order valence-electron chi connectivity index (χ1n) is 4.74. The molecule has 1 heterocycles. The first kappa shape index (κ1) is 10.3. The van der Waals surface area contributed by atoms with E-state index in [-0.39, 0.29) is 0 Å². The molecule has 0 atom stereocenters. The fourth-order valence-electron chi connectivity index (χ4n) is 1.83. The van der Waals surface area contributed by atoms with Gasteiger partial charge in [-0.1, -0.05) is 13.8 Å². The Hall–Kier alpha value is -0.830. The van der Waals surface area contributed by atoms with Crippen molar-refractivity contribution in [2.24, 2.45) is 7.05 Å². The zero-order valence-corrected chi connectivity index (χ0v) is 9.18. The van der Waals surface area contributed by atoms with Crippen molar-refractivity contribution in [1.29, 1.82) is 0 Å². The summed E-state index contributed by atoms with van der Waals surface area (Å²) in [6.07, 6.45) is 0. The van der Waals surface area contributed by atoms with Crippen molar-refractivity contribution in [1.82, 2.24) is 14.9 Å². The average Bonchev–Trinajstić information content (AvgIpc) is 2.28. The molecule has 0 saturated carbocycles. The van der Waals surface area contributed by atoms with E-state index in [1.54, 1.807) is 0 Å². The number of nitrogens with zero attached hydrogens (tertiary/aromatic N) is 2. The summed E-state index contributed by atoms with van der Waals surface area (Å²) in [5, 5.41) is 3.12. The zero-order valence-electron chi connectivity index (χ0n) is 9.18. The highest BCUT2D eigenvalue weighted by Crippen LogP contribution is 2.19. The molecule has 1 N–H and O–H groups in total. The van der Waals surface area contributed by atoms with Crippen LogP contribution in [0.15, 0.2) is 0 Å².